The van der Waals surface area contributed by atoms with Gasteiger partial charge in [-0.25, -0.2) is 4.79 Å². The van der Waals surface area contributed by atoms with E-state index >= 15 is 0 Å². The topological polar surface area (TPSA) is 67.9 Å². The van der Waals surface area contributed by atoms with Crippen LogP contribution in [-0.4, -0.2) is 56.4 Å². The van der Waals surface area contributed by atoms with E-state index in [2.05, 4.69) is 5.32 Å². The third kappa shape index (κ3) is 4.48. The summed E-state index contributed by atoms with van der Waals surface area (Å²) in [5, 5.41) is 2.67. The molecule has 92 valence electrons. The van der Waals surface area contributed by atoms with Crippen molar-refractivity contribution in [2.45, 2.75) is 13.3 Å². The zero-order chi connectivity index (χ0) is 11.8. The van der Waals surface area contributed by atoms with Crippen molar-refractivity contribution in [1.29, 1.82) is 0 Å². The second-order valence-corrected chi connectivity index (χ2v) is 3.39. The van der Waals surface area contributed by atoms with Crippen LogP contribution in [-0.2, 0) is 14.3 Å². The van der Waals surface area contributed by atoms with Crippen molar-refractivity contribution in [2.24, 2.45) is 0 Å². The Balaban J connectivity index is 2.12. The summed E-state index contributed by atoms with van der Waals surface area (Å²) in [6.07, 6.45) is 0.212. The van der Waals surface area contributed by atoms with Gasteiger partial charge < -0.3 is 19.7 Å². The molecule has 0 radical (unpaired) electrons. The Morgan fingerprint density at radius 2 is 2.06 bits per heavy atom. The van der Waals surface area contributed by atoms with Crippen molar-refractivity contribution < 1.29 is 19.1 Å². The first kappa shape index (κ1) is 12.8. The second-order valence-electron chi connectivity index (χ2n) is 3.39. The molecular weight excluding hydrogens is 212 g/mol. The fourth-order valence-electron chi connectivity index (χ4n) is 1.38. The van der Waals surface area contributed by atoms with Crippen molar-refractivity contribution in [3.05, 3.63) is 0 Å². The fraction of sp³-hybridized carbons (Fsp3) is 0.800. The molecule has 1 aliphatic rings. The van der Waals surface area contributed by atoms with Gasteiger partial charge in [0, 0.05) is 19.6 Å². The normalized spacial score (nSPS) is 15.7. The van der Waals surface area contributed by atoms with Crippen LogP contribution in [0.15, 0.2) is 0 Å². The maximum atomic E-state index is 11.5. The molecular formula is C10H18N2O4. The Hall–Kier alpha value is -1.30. The quantitative estimate of drug-likeness (QED) is 0.689. The molecule has 1 heterocycles. The predicted octanol–water partition coefficient (Wildman–Crippen LogP) is -0.0186. The van der Waals surface area contributed by atoms with Gasteiger partial charge in [-0.1, -0.05) is 0 Å². The minimum Gasteiger partial charge on any atom is -0.466 e. The van der Waals surface area contributed by atoms with Gasteiger partial charge in [0.1, 0.15) is 0 Å². The fourth-order valence-corrected chi connectivity index (χ4v) is 1.38. The summed E-state index contributed by atoms with van der Waals surface area (Å²) in [7, 11) is 0. The summed E-state index contributed by atoms with van der Waals surface area (Å²) < 4.78 is 9.87. The molecule has 1 rings (SSSR count). The molecule has 0 atom stereocenters. The van der Waals surface area contributed by atoms with Crippen molar-refractivity contribution in [3.8, 4) is 0 Å². The van der Waals surface area contributed by atoms with E-state index in [1.807, 2.05) is 0 Å². The highest BCUT2D eigenvalue weighted by atomic mass is 16.5. The first-order valence-electron chi connectivity index (χ1n) is 5.50. The number of carbonyl (C=O) groups excluding carboxylic acids is 2. The lowest BCUT2D eigenvalue weighted by molar-refractivity contribution is -0.142. The van der Waals surface area contributed by atoms with Crippen LogP contribution < -0.4 is 5.32 Å². The number of rotatable bonds is 4. The van der Waals surface area contributed by atoms with E-state index in [4.69, 9.17) is 9.47 Å². The monoisotopic (exact) mass is 230 g/mol. The van der Waals surface area contributed by atoms with Crippen molar-refractivity contribution in [1.82, 2.24) is 10.2 Å². The molecule has 6 nitrogen and oxygen atoms in total. The maximum Gasteiger partial charge on any atom is 0.317 e. The largest absolute Gasteiger partial charge is 0.466 e. The number of hydrogen-bond donors (Lipinski definition) is 1. The summed E-state index contributed by atoms with van der Waals surface area (Å²) in [4.78, 5) is 24.2. The molecule has 1 fully saturated rings. The number of esters is 1. The number of nitrogens with zero attached hydrogens (tertiary/aromatic N) is 1. The van der Waals surface area contributed by atoms with Crippen LogP contribution in [0.25, 0.3) is 0 Å². The van der Waals surface area contributed by atoms with E-state index in [0.717, 1.165) is 0 Å². The van der Waals surface area contributed by atoms with Gasteiger partial charge in [-0.2, -0.15) is 0 Å². The molecule has 1 N–H and O–H groups in total. The molecule has 0 bridgehead atoms. The van der Waals surface area contributed by atoms with Crippen molar-refractivity contribution in [2.75, 3.05) is 39.5 Å². The van der Waals surface area contributed by atoms with Gasteiger partial charge in [-0.15, -0.1) is 0 Å². The van der Waals surface area contributed by atoms with Gasteiger partial charge in [0.2, 0.25) is 0 Å². The molecule has 1 aliphatic heterocycles. The molecule has 0 aromatic carbocycles. The maximum absolute atomic E-state index is 11.5. The molecule has 16 heavy (non-hydrogen) atoms. The lowest BCUT2D eigenvalue weighted by Gasteiger charge is -2.26. The Morgan fingerprint density at radius 3 is 2.69 bits per heavy atom. The number of ether oxygens (including phenoxy) is 2. The van der Waals surface area contributed by atoms with Crippen LogP contribution in [0.4, 0.5) is 4.79 Å². The van der Waals surface area contributed by atoms with Gasteiger partial charge in [0.05, 0.1) is 26.2 Å². The van der Waals surface area contributed by atoms with Crippen LogP contribution in [0.1, 0.15) is 13.3 Å². The van der Waals surface area contributed by atoms with Crippen LogP contribution in [0.5, 0.6) is 0 Å². The summed E-state index contributed by atoms with van der Waals surface area (Å²) in [6, 6.07) is -0.146. The average molecular weight is 230 g/mol. The van der Waals surface area contributed by atoms with Crippen LogP contribution >= 0.6 is 0 Å². The van der Waals surface area contributed by atoms with E-state index in [-0.39, 0.29) is 18.4 Å². The van der Waals surface area contributed by atoms with Gasteiger partial charge >= 0.3 is 12.0 Å². The number of nitrogens with one attached hydrogen (secondary N) is 1. The predicted molar refractivity (Wildman–Crippen MR) is 57.0 cm³/mol. The highest BCUT2D eigenvalue weighted by molar-refractivity contribution is 5.75. The van der Waals surface area contributed by atoms with Gasteiger partial charge in [0.15, 0.2) is 0 Å². The molecule has 0 aliphatic carbocycles. The zero-order valence-corrected chi connectivity index (χ0v) is 9.53. The number of carbonyl (C=O) groups is 2. The van der Waals surface area contributed by atoms with Crippen LogP contribution in [0.2, 0.25) is 0 Å². The van der Waals surface area contributed by atoms with Crippen molar-refractivity contribution in [3.63, 3.8) is 0 Å². The van der Waals surface area contributed by atoms with Gasteiger partial charge in [-0.3, -0.25) is 4.79 Å². The average Bonchev–Trinajstić information content (AvgIpc) is 2.30. The molecule has 0 aromatic heterocycles. The Kier molecular flexibility index (Phi) is 5.63. The highest BCUT2D eigenvalue weighted by Crippen LogP contribution is 1.96. The lowest BCUT2D eigenvalue weighted by Crippen LogP contribution is -2.46. The van der Waals surface area contributed by atoms with Crippen LogP contribution in [0.3, 0.4) is 0 Å². The van der Waals surface area contributed by atoms with Gasteiger partial charge in [0.25, 0.3) is 0 Å². The summed E-state index contributed by atoms with van der Waals surface area (Å²) in [5.74, 6) is -0.287. The third-order valence-electron chi connectivity index (χ3n) is 2.21. The smallest absolute Gasteiger partial charge is 0.317 e. The van der Waals surface area contributed by atoms with Gasteiger partial charge in [-0.05, 0) is 6.92 Å². The molecule has 6 heteroatoms. The Labute approximate surface area is 94.9 Å². The van der Waals surface area contributed by atoms with Crippen molar-refractivity contribution >= 4 is 12.0 Å². The van der Waals surface area contributed by atoms with Crippen LogP contribution in [0, 0.1) is 0 Å². The lowest BCUT2D eigenvalue weighted by atomic mass is 10.4. The molecule has 0 unspecified atom stereocenters. The Bertz CT molecular complexity index is 239. The minimum atomic E-state index is -0.287. The SMILES string of the molecule is CCOC(=O)CCNC(=O)N1CCOCC1. The number of hydrogen-bond acceptors (Lipinski definition) is 4. The standard InChI is InChI=1S/C10H18N2O4/c1-2-16-9(13)3-4-11-10(14)12-5-7-15-8-6-12/h2-8H2,1H3,(H,11,14). The molecule has 1 saturated heterocycles. The molecule has 0 saturated carbocycles. The highest BCUT2D eigenvalue weighted by Gasteiger charge is 2.16. The summed E-state index contributed by atoms with van der Waals surface area (Å²) in [5.41, 5.74) is 0. The van der Waals surface area contributed by atoms with E-state index in [1.54, 1.807) is 11.8 Å². The molecule has 2 amide bonds. The summed E-state index contributed by atoms with van der Waals surface area (Å²) >= 11 is 0. The third-order valence-corrected chi connectivity index (χ3v) is 2.21. The Morgan fingerprint density at radius 1 is 1.38 bits per heavy atom. The zero-order valence-electron chi connectivity index (χ0n) is 9.53. The molecule has 0 aromatic rings. The first-order valence-corrected chi connectivity index (χ1v) is 5.50. The number of amides is 2. The second kappa shape index (κ2) is 7.05. The summed E-state index contributed by atoms with van der Waals surface area (Å²) in [6.45, 7) is 4.79. The molecule has 0 spiro atoms. The van der Waals surface area contributed by atoms with E-state index in [0.29, 0.717) is 39.5 Å². The number of morpholine rings is 1. The number of urea groups is 1. The van der Waals surface area contributed by atoms with E-state index in [9.17, 15) is 9.59 Å². The minimum absolute atomic E-state index is 0.146. The first-order chi connectivity index (χ1) is 7.74. The van der Waals surface area contributed by atoms with E-state index in [1.165, 1.54) is 0 Å². The van der Waals surface area contributed by atoms with E-state index < -0.39 is 0 Å².